The lowest BCUT2D eigenvalue weighted by Gasteiger charge is -2.38. The van der Waals surface area contributed by atoms with Crippen molar-refractivity contribution in [2.75, 3.05) is 31.1 Å². The number of imide groups is 1. The van der Waals surface area contributed by atoms with Gasteiger partial charge in [0.15, 0.2) is 0 Å². The van der Waals surface area contributed by atoms with Crippen LogP contribution in [0.2, 0.25) is 5.02 Å². The number of carbonyl (C=O) groups is 2. The fourth-order valence-electron chi connectivity index (χ4n) is 2.87. The maximum absolute atomic E-state index is 12.2. The predicted octanol–water partition coefficient (Wildman–Crippen LogP) is 1.84. The molecule has 1 aromatic rings. The number of hydrogen-bond donors (Lipinski definition) is 2. The van der Waals surface area contributed by atoms with Crippen molar-refractivity contribution in [2.45, 2.75) is 31.8 Å². The number of benzene rings is 1. The summed E-state index contributed by atoms with van der Waals surface area (Å²) in [6.45, 7) is 5.03. The highest BCUT2D eigenvalue weighted by Gasteiger charge is 2.28. The molecule has 3 amide bonds. The van der Waals surface area contributed by atoms with E-state index < -0.39 is 0 Å². The Hall–Kier alpha value is -1.79. The van der Waals surface area contributed by atoms with Crippen LogP contribution in [-0.2, 0) is 4.79 Å². The van der Waals surface area contributed by atoms with Crippen molar-refractivity contribution >= 4 is 29.2 Å². The van der Waals surface area contributed by atoms with E-state index in [4.69, 9.17) is 11.6 Å². The minimum Gasteiger partial charge on any atom is -0.369 e. The summed E-state index contributed by atoms with van der Waals surface area (Å²) in [5.74, 6) is -0.246. The van der Waals surface area contributed by atoms with Gasteiger partial charge in [-0.05, 0) is 38.0 Å². The first kappa shape index (κ1) is 17.0. The van der Waals surface area contributed by atoms with Crippen LogP contribution in [0.25, 0.3) is 0 Å². The van der Waals surface area contributed by atoms with Gasteiger partial charge in [0.25, 0.3) is 0 Å². The molecule has 2 fully saturated rings. The number of nitrogens with one attached hydrogen (secondary N) is 2. The Kier molecular flexibility index (Phi) is 5.26. The molecular weight excluding hydrogens is 328 g/mol. The molecule has 130 valence electrons. The molecule has 1 heterocycles. The summed E-state index contributed by atoms with van der Waals surface area (Å²) < 4.78 is 0. The molecule has 0 aromatic heterocycles. The van der Waals surface area contributed by atoms with E-state index in [2.05, 4.69) is 20.4 Å². The van der Waals surface area contributed by atoms with E-state index >= 15 is 0 Å². The summed E-state index contributed by atoms with van der Waals surface area (Å²) in [6.07, 6.45) is 2.01. The Bertz CT molecular complexity index is 612. The van der Waals surface area contributed by atoms with Crippen LogP contribution >= 0.6 is 11.6 Å². The summed E-state index contributed by atoms with van der Waals surface area (Å²) in [5.41, 5.74) is 1.10. The average Bonchev–Trinajstić information content (AvgIpc) is 3.38. The topological polar surface area (TPSA) is 64.7 Å². The van der Waals surface area contributed by atoms with E-state index in [0.717, 1.165) is 49.7 Å². The monoisotopic (exact) mass is 350 g/mol. The van der Waals surface area contributed by atoms with E-state index in [1.165, 1.54) is 0 Å². The molecule has 24 heavy (non-hydrogen) atoms. The molecule has 0 spiro atoms. The number of amides is 3. The summed E-state index contributed by atoms with van der Waals surface area (Å²) in [6, 6.07) is 7.34. The molecule has 1 aliphatic heterocycles. The SMILES string of the molecule is C[C@@H](C(=O)NC(=O)NC1CC1)N1CCN(c2cccc(Cl)c2)CC1. The first-order chi connectivity index (χ1) is 11.5. The van der Waals surface area contributed by atoms with Gasteiger partial charge in [-0.3, -0.25) is 15.0 Å². The molecule has 1 saturated heterocycles. The van der Waals surface area contributed by atoms with Crippen molar-refractivity contribution in [3.05, 3.63) is 29.3 Å². The smallest absolute Gasteiger partial charge is 0.321 e. The molecule has 6 nitrogen and oxygen atoms in total. The third-order valence-electron chi connectivity index (χ3n) is 4.56. The molecule has 1 aliphatic carbocycles. The first-order valence-corrected chi connectivity index (χ1v) is 8.76. The Morgan fingerprint density at radius 2 is 1.92 bits per heavy atom. The molecule has 2 aliphatic rings. The van der Waals surface area contributed by atoms with Crippen LogP contribution in [0.15, 0.2) is 24.3 Å². The van der Waals surface area contributed by atoms with Gasteiger partial charge in [0, 0.05) is 42.9 Å². The maximum atomic E-state index is 12.2. The van der Waals surface area contributed by atoms with Gasteiger partial charge in [0.1, 0.15) is 0 Å². The van der Waals surface area contributed by atoms with Gasteiger partial charge in [-0.1, -0.05) is 17.7 Å². The molecule has 3 rings (SSSR count). The zero-order chi connectivity index (χ0) is 17.1. The van der Waals surface area contributed by atoms with E-state index in [0.29, 0.717) is 0 Å². The fourth-order valence-corrected chi connectivity index (χ4v) is 3.06. The molecule has 1 saturated carbocycles. The van der Waals surface area contributed by atoms with Crippen molar-refractivity contribution in [3.8, 4) is 0 Å². The normalized spacial score (nSPS) is 19.7. The van der Waals surface area contributed by atoms with Crippen molar-refractivity contribution in [3.63, 3.8) is 0 Å². The highest BCUT2D eigenvalue weighted by molar-refractivity contribution is 6.30. The number of nitrogens with zero attached hydrogens (tertiary/aromatic N) is 2. The number of hydrogen-bond acceptors (Lipinski definition) is 4. The molecule has 2 N–H and O–H groups in total. The number of urea groups is 1. The standard InChI is InChI=1S/C17H23ClN4O2/c1-12(16(23)20-17(24)19-14-5-6-14)21-7-9-22(10-8-21)15-4-2-3-13(18)11-15/h2-4,11-12,14H,5-10H2,1H3,(H2,19,20,23,24)/t12-/m0/s1. The third kappa shape index (κ3) is 4.39. The van der Waals surface area contributed by atoms with Crippen LogP contribution in [0.1, 0.15) is 19.8 Å². The van der Waals surface area contributed by atoms with Gasteiger partial charge in [-0.15, -0.1) is 0 Å². The van der Waals surface area contributed by atoms with Gasteiger partial charge >= 0.3 is 6.03 Å². The Morgan fingerprint density at radius 3 is 2.54 bits per heavy atom. The largest absolute Gasteiger partial charge is 0.369 e. The molecule has 1 aromatic carbocycles. The van der Waals surface area contributed by atoms with Crippen LogP contribution in [0.3, 0.4) is 0 Å². The third-order valence-corrected chi connectivity index (χ3v) is 4.80. The number of piperazine rings is 1. The second-order valence-electron chi connectivity index (χ2n) is 6.42. The lowest BCUT2D eigenvalue weighted by molar-refractivity contribution is -0.124. The highest BCUT2D eigenvalue weighted by Crippen LogP contribution is 2.21. The van der Waals surface area contributed by atoms with Gasteiger partial charge in [0.2, 0.25) is 5.91 Å². The number of halogens is 1. The molecule has 1 atom stereocenters. The molecule has 0 unspecified atom stereocenters. The Balaban J connectivity index is 1.48. The predicted molar refractivity (Wildman–Crippen MR) is 94.4 cm³/mol. The minimum absolute atomic E-state index is 0.245. The first-order valence-electron chi connectivity index (χ1n) is 8.39. The van der Waals surface area contributed by atoms with Gasteiger partial charge in [0.05, 0.1) is 6.04 Å². The second kappa shape index (κ2) is 7.40. The summed E-state index contributed by atoms with van der Waals surface area (Å²) >= 11 is 6.05. The van der Waals surface area contributed by atoms with E-state index in [1.54, 1.807) is 0 Å². The zero-order valence-corrected chi connectivity index (χ0v) is 14.6. The number of anilines is 1. The molecule has 0 radical (unpaired) electrons. The van der Waals surface area contributed by atoms with Crippen LogP contribution < -0.4 is 15.5 Å². The fraction of sp³-hybridized carbons (Fsp3) is 0.529. The lowest BCUT2D eigenvalue weighted by Crippen LogP contribution is -2.55. The number of rotatable bonds is 4. The van der Waals surface area contributed by atoms with Gasteiger partial charge < -0.3 is 10.2 Å². The van der Waals surface area contributed by atoms with E-state index in [-0.39, 0.29) is 24.0 Å². The average molecular weight is 351 g/mol. The summed E-state index contributed by atoms with van der Waals surface area (Å²) in [4.78, 5) is 28.2. The summed E-state index contributed by atoms with van der Waals surface area (Å²) in [7, 11) is 0. The van der Waals surface area contributed by atoms with Crippen LogP contribution in [0, 0.1) is 0 Å². The second-order valence-corrected chi connectivity index (χ2v) is 6.85. The van der Waals surface area contributed by atoms with E-state index in [9.17, 15) is 9.59 Å². The van der Waals surface area contributed by atoms with Crippen LogP contribution in [0.4, 0.5) is 10.5 Å². The Morgan fingerprint density at radius 1 is 1.21 bits per heavy atom. The molecular formula is C17H23ClN4O2. The zero-order valence-electron chi connectivity index (χ0n) is 13.8. The van der Waals surface area contributed by atoms with Gasteiger partial charge in [-0.2, -0.15) is 0 Å². The van der Waals surface area contributed by atoms with Crippen molar-refractivity contribution in [1.82, 2.24) is 15.5 Å². The highest BCUT2D eigenvalue weighted by atomic mass is 35.5. The van der Waals surface area contributed by atoms with Crippen molar-refractivity contribution in [2.24, 2.45) is 0 Å². The summed E-state index contributed by atoms with van der Waals surface area (Å²) in [5, 5.41) is 5.93. The quantitative estimate of drug-likeness (QED) is 0.869. The van der Waals surface area contributed by atoms with Crippen molar-refractivity contribution in [1.29, 1.82) is 0 Å². The maximum Gasteiger partial charge on any atom is 0.321 e. The van der Waals surface area contributed by atoms with Crippen molar-refractivity contribution < 1.29 is 9.59 Å². The van der Waals surface area contributed by atoms with Crippen LogP contribution in [-0.4, -0.2) is 55.1 Å². The van der Waals surface area contributed by atoms with Gasteiger partial charge in [-0.25, -0.2) is 4.79 Å². The van der Waals surface area contributed by atoms with Crippen LogP contribution in [0.5, 0.6) is 0 Å². The Labute approximate surface area is 147 Å². The van der Waals surface area contributed by atoms with E-state index in [1.807, 2.05) is 31.2 Å². The molecule has 7 heteroatoms. The minimum atomic E-state index is -0.382. The molecule has 0 bridgehead atoms. The lowest BCUT2D eigenvalue weighted by atomic mass is 10.2. The number of carbonyl (C=O) groups excluding carboxylic acids is 2.